The van der Waals surface area contributed by atoms with E-state index in [1.807, 2.05) is 66.9 Å². The third-order valence-corrected chi connectivity index (χ3v) is 11.6. The predicted molar refractivity (Wildman–Crippen MR) is 280 cm³/mol. The first-order valence-corrected chi connectivity index (χ1v) is 24.6. The number of benzene rings is 5. The largest absolute Gasteiger partial charge is 0.476 e. The average Bonchev–Trinajstić information content (AvgIpc) is 3.71. The summed E-state index contributed by atoms with van der Waals surface area (Å²) in [6, 6.07) is 38.0. The van der Waals surface area contributed by atoms with Gasteiger partial charge in [0.25, 0.3) is 11.0 Å². The number of rotatable bonds is 24. The van der Waals surface area contributed by atoms with Gasteiger partial charge in [0.2, 0.25) is 0 Å². The molecule has 6 rings (SSSR count). The minimum absolute atomic E-state index is 0.0247. The topological polar surface area (TPSA) is 206 Å². The number of carbonyl (C=O) groups is 4. The number of ketones is 1. The molecule has 74 heavy (non-hydrogen) atoms. The first-order chi connectivity index (χ1) is 35.2. The van der Waals surface area contributed by atoms with Gasteiger partial charge in [0.05, 0.1) is 49.2 Å². The Hall–Kier alpha value is -7.40. The number of unbranched alkanes of at least 4 members (excludes halogenated alkanes) is 1. The molecule has 0 saturated carbocycles. The van der Waals surface area contributed by atoms with Gasteiger partial charge in [-0.15, -0.1) is 10.1 Å². The minimum Gasteiger partial charge on any atom is -0.476 e. The lowest BCUT2D eigenvalue weighted by Crippen LogP contribution is -2.40. The highest BCUT2D eigenvalue weighted by Gasteiger charge is 2.33. The number of halogens is 2. The molecule has 0 fully saturated rings. The molecule has 0 spiro atoms. The number of ether oxygens (including phenoxy) is 3. The van der Waals surface area contributed by atoms with Crippen molar-refractivity contribution in [2.75, 3.05) is 18.5 Å². The predicted octanol–water partition coefficient (Wildman–Crippen LogP) is 11.4. The summed E-state index contributed by atoms with van der Waals surface area (Å²) in [5.41, 5.74) is 4.62. The lowest BCUT2D eigenvalue weighted by Gasteiger charge is -2.25. The van der Waals surface area contributed by atoms with Crippen molar-refractivity contribution in [2.24, 2.45) is 0 Å². The van der Waals surface area contributed by atoms with Crippen LogP contribution in [0.15, 0.2) is 133 Å². The molecule has 6 aromatic rings. The zero-order chi connectivity index (χ0) is 54.0. The van der Waals surface area contributed by atoms with Gasteiger partial charge < -0.3 is 39.1 Å². The van der Waals surface area contributed by atoms with Gasteiger partial charge >= 0.3 is 11.9 Å². The number of nitrogens with zero attached hydrogens (tertiary/aromatic N) is 2. The molecule has 0 aliphatic rings. The summed E-state index contributed by atoms with van der Waals surface area (Å²) in [4.78, 5) is 65.3. The van der Waals surface area contributed by atoms with E-state index in [4.69, 9.17) is 25.8 Å². The Labute approximate surface area is 435 Å². The lowest BCUT2D eigenvalue weighted by atomic mass is 9.94. The number of aliphatic hydroxyl groups is 2. The molecule has 1 amide bonds. The second-order valence-electron chi connectivity index (χ2n) is 18.4. The summed E-state index contributed by atoms with van der Waals surface area (Å²) >= 11 is 5.84. The van der Waals surface area contributed by atoms with E-state index < -0.39 is 40.7 Å². The van der Waals surface area contributed by atoms with Crippen LogP contribution < -0.4 is 10.1 Å². The number of para-hydroxylation sites is 1. The zero-order valence-corrected chi connectivity index (χ0v) is 43.1. The Morgan fingerprint density at radius 2 is 1.35 bits per heavy atom. The van der Waals surface area contributed by atoms with Gasteiger partial charge in [-0.2, -0.15) is 0 Å². The minimum atomic E-state index is -1.17. The molecule has 15 nitrogen and oxygen atoms in total. The van der Waals surface area contributed by atoms with E-state index in [0.29, 0.717) is 62.8 Å². The SMILES string of the molecule is CC(C)OC(=O)C(C)(C)Oc1ccc(C(=O)c2ccc(Cl)cc2)cc1.CC(C)c1c(C(=O)Nc2ccccc2)c(-c2ccccc2)c(-c2ccc(F)cc2)n1CC[C@@H](O)C[C@@H](O)CC(=O)OCCCCO[N+](=O)[O-]. The number of carbonyl (C=O) groups excluding carboxylic acids is 4. The van der Waals surface area contributed by atoms with Gasteiger partial charge in [-0.3, -0.25) is 14.4 Å². The normalized spacial score (nSPS) is 12.0. The molecular weight excluding hydrogens is 973 g/mol. The Morgan fingerprint density at radius 1 is 0.770 bits per heavy atom. The first kappa shape index (κ1) is 57.5. The highest BCUT2D eigenvalue weighted by atomic mass is 35.5. The van der Waals surface area contributed by atoms with E-state index in [2.05, 4.69) is 10.2 Å². The maximum Gasteiger partial charge on any atom is 0.350 e. The summed E-state index contributed by atoms with van der Waals surface area (Å²) in [6.45, 7) is 11.0. The summed E-state index contributed by atoms with van der Waals surface area (Å²) in [7, 11) is 0. The van der Waals surface area contributed by atoms with Gasteiger partial charge in [-0.25, -0.2) is 9.18 Å². The zero-order valence-electron chi connectivity index (χ0n) is 42.3. The summed E-state index contributed by atoms with van der Waals surface area (Å²) in [5, 5.41) is 34.5. The number of aromatic nitrogens is 1. The van der Waals surface area contributed by atoms with Crippen molar-refractivity contribution in [1.82, 2.24) is 4.57 Å². The number of hydrogen-bond acceptors (Lipinski definition) is 12. The highest BCUT2D eigenvalue weighted by molar-refractivity contribution is 6.30. The quantitative estimate of drug-likeness (QED) is 0.0170. The number of esters is 2. The molecule has 0 saturated heterocycles. The second-order valence-corrected chi connectivity index (χ2v) is 18.9. The van der Waals surface area contributed by atoms with Crippen LogP contribution in [-0.4, -0.2) is 80.6 Å². The van der Waals surface area contributed by atoms with Gasteiger partial charge in [0.1, 0.15) is 11.6 Å². The van der Waals surface area contributed by atoms with Crippen LogP contribution in [-0.2, 0) is 30.4 Å². The average molecular weight is 1040 g/mol. The van der Waals surface area contributed by atoms with E-state index in [1.54, 1.807) is 100 Å². The fourth-order valence-electron chi connectivity index (χ4n) is 7.92. The van der Waals surface area contributed by atoms with Crippen molar-refractivity contribution in [2.45, 2.75) is 110 Å². The van der Waals surface area contributed by atoms with E-state index >= 15 is 0 Å². The molecule has 1 heterocycles. The van der Waals surface area contributed by atoms with Crippen LogP contribution in [0.5, 0.6) is 5.75 Å². The van der Waals surface area contributed by atoms with Crippen molar-refractivity contribution in [1.29, 1.82) is 0 Å². The van der Waals surface area contributed by atoms with Crippen molar-refractivity contribution >= 4 is 40.9 Å². The fraction of sp³-hybridized carbons (Fsp3) is 0.333. The van der Waals surface area contributed by atoms with Gasteiger partial charge in [0.15, 0.2) is 11.4 Å². The molecule has 0 unspecified atom stereocenters. The third-order valence-electron chi connectivity index (χ3n) is 11.4. The number of amides is 1. The Kier molecular flexibility index (Phi) is 21.4. The number of hydrogen-bond donors (Lipinski definition) is 3. The van der Waals surface area contributed by atoms with Crippen LogP contribution in [0.3, 0.4) is 0 Å². The molecule has 392 valence electrons. The molecule has 0 radical (unpaired) electrons. The molecule has 0 aliphatic carbocycles. The molecule has 1 aromatic heterocycles. The molecule has 17 heteroatoms. The number of nitrogens with one attached hydrogen (secondary N) is 1. The number of anilines is 1. The molecular formula is C57H63ClFN3O12. The summed E-state index contributed by atoms with van der Waals surface area (Å²) < 4.78 is 32.1. The van der Waals surface area contributed by atoms with Crippen LogP contribution in [0.25, 0.3) is 22.4 Å². The van der Waals surface area contributed by atoms with Crippen molar-refractivity contribution in [3.8, 4) is 28.1 Å². The third kappa shape index (κ3) is 17.1. The van der Waals surface area contributed by atoms with Crippen molar-refractivity contribution in [3.63, 3.8) is 0 Å². The Morgan fingerprint density at radius 3 is 1.93 bits per heavy atom. The molecule has 3 N–H and O–H groups in total. The van der Waals surface area contributed by atoms with Crippen LogP contribution >= 0.6 is 11.6 Å². The fourth-order valence-corrected chi connectivity index (χ4v) is 8.04. The van der Waals surface area contributed by atoms with Crippen LogP contribution in [0, 0.1) is 15.9 Å². The van der Waals surface area contributed by atoms with E-state index in [-0.39, 0.29) is 62.7 Å². The first-order valence-electron chi connectivity index (χ1n) is 24.3. The summed E-state index contributed by atoms with van der Waals surface area (Å²) in [6.07, 6.45) is -1.94. The summed E-state index contributed by atoms with van der Waals surface area (Å²) in [5.74, 6) is -1.57. The highest BCUT2D eigenvalue weighted by Crippen LogP contribution is 2.43. The molecule has 2 atom stereocenters. The standard InChI is InChI=1S/C37H42FN3O8.C20H21ClO4/c1-25(2)35-34(37(45)39-29-13-7-4-8-14-29)33(26-11-5-3-6-12-26)36(27-15-17-28(38)18-16-27)40(35)20-19-30(42)23-31(43)24-32(44)48-21-9-10-22-49-41(46)47;1-13(2)24-19(23)20(3,4)25-17-11-7-15(8-12-17)18(22)14-5-9-16(21)10-6-14/h3-8,11-18,25,30-31,42-43H,9-10,19-24H2,1-2H3,(H,39,45);5-13H,1-4H3/t30-,31-;/m1./s1. The van der Waals surface area contributed by atoms with E-state index in [9.17, 15) is 43.9 Å². The number of aliphatic hydroxyl groups excluding tert-OH is 2. The van der Waals surface area contributed by atoms with E-state index in [0.717, 1.165) is 11.3 Å². The van der Waals surface area contributed by atoms with Crippen LogP contribution in [0.4, 0.5) is 10.1 Å². The smallest absolute Gasteiger partial charge is 0.350 e. The maximum atomic E-state index is 14.2. The van der Waals surface area contributed by atoms with E-state index in [1.165, 1.54) is 12.1 Å². The second kappa shape index (κ2) is 27.6. The Balaban J connectivity index is 0.000000339. The molecule has 5 aromatic carbocycles. The monoisotopic (exact) mass is 1040 g/mol. The maximum absolute atomic E-state index is 14.2. The van der Waals surface area contributed by atoms with Gasteiger partial charge in [-0.05, 0) is 155 Å². The van der Waals surface area contributed by atoms with Crippen LogP contribution in [0.2, 0.25) is 5.02 Å². The van der Waals surface area contributed by atoms with Gasteiger partial charge in [0, 0.05) is 39.6 Å². The van der Waals surface area contributed by atoms with Gasteiger partial charge in [-0.1, -0.05) is 74.0 Å². The lowest BCUT2D eigenvalue weighted by molar-refractivity contribution is -0.757. The van der Waals surface area contributed by atoms with Crippen molar-refractivity contribution in [3.05, 3.63) is 177 Å². The Bertz CT molecular complexity index is 2780. The molecule has 0 aliphatic heterocycles. The van der Waals surface area contributed by atoms with Crippen molar-refractivity contribution < 1.29 is 57.9 Å². The molecule has 0 bridgehead atoms. The van der Waals surface area contributed by atoms with Crippen LogP contribution in [0.1, 0.15) is 112 Å².